The fraction of sp³-hybridized carbons (Fsp3) is 0.423. The Morgan fingerprint density at radius 1 is 0.405 bits per heavy atom. The van der Waals surface area contributed by atoms with Gasteiger partial charge in [-0.05, 0) is 34.6 Å². The number of carboxylic acids is 5. The Balaban J connectivity index is -0.0000000681. The molecule has 0 aromatic heterocycles. The standard InChI is InChI=1S/5C4H6O2.2C3H8O3/c5*1-3(2)4(5)6;2*1-2-3(4,5)6/h5*1H2,2H3,(H,5,6);2*4-6H,2H2,1H3. The second-order valence-corrected chi connectivity index (χ2v) is 7.68. The highest BCUT2D eigenvalue weighted by Gasteiger charge is 2.12. The van der Waals surface area contributed by atoms with E-state index in [4.69, 9.17) is 56.2 Å². The van der Waals surface area contributed by atoms with E-state index in [1.807, 2.05) is 0 Å². The van der Waals surface area contributed by atoms with Crippen LogP contribution in [0.15, 0.2) is 60.8 Å². The van der Waals surface area contributed by atoms with Crippen LogP contribution in [0.2, 0.25) is 0 Å². The topological polar surface area (TPSA) is 308 Å². The molecule has 0 amide bonds. The molecule has 246 valence electrons. The average molecular weight is 615 g/mol. The highest BCUT2D eigenvalue weighted by molar-refractivity contribution is 5.86. The van der Waals surface area contributed by atoms with Crippen molar-refractivity contribution in [2.75, 3.05) is 0 Å². The van der Waals surface area contributed by atoms with Gasteiger partial charge in [-0.1, -0.05) is 46.7 Å². The fourth-order valence-corrected chi connectivity index (χ4v) is 0. The SMILES string of the molecule is C=C(C)C(=O)O.C=C(C)C(=O)O.C=C(C)C(=O)O.C=C(C)C(=O)O.C=C(C)C(=O)O.CCC(O)(O)O.CCC(O)(O)O. The van der Waals surface area contributed by atoms with Gasteiger partial charge in [0.15, 0.2) is 0 Å². The summed E-state index contributed by atoms with van der Waals surface area (Å²) >= 11 is 0. The maximum Gasteiger partial charge on any atom is 0.330 e. The molecule has 0 aliphatic carbocycles. The van der Waals surface area contributed by atoms with Gasteiger partial charge in [0, 0.05) is 40.7 Å². The molecule has 0 spiro atoms. The van der Waals surface area contributed by atoms with E-state index in [1.54, 1.807) is 0 Å². The van der Waals surface area contributed by atoms with E-state index < -0.39 is 41.8 Å². The van der Waals surface area contributed by atoms with E-state index in [0.29, 0.717) is 0 Å². The molecule has 0 unspecified atom stereocenters. The Morgan fingerprint density at radius 2 is 0.452 bits per heavy atom. The van der Waals surface area contributed by atoms with E-state index in [1.165, 1.54) is 48.5 Å². The molecular formula is C26H46O16. The van der Waals surface area contributed by atoms with Crippen LogP contribution in [0.25, 0.3) is 0 Å². The largest absolute Gasteiger partial charge is 0.478 e. The summed E-state index contributed by atoms with van der Waals surface area (Å²) in [6.45, 7) is 25.9. The summed E-state index contributed by atoms with van der Waals surface area (Å²) < 4.78 is 0. The minimum atomic E-state index is -2.46. The summed E-state index contributed by atoms with van der Waals surface area (Å²) in [6, 6.07) is 0. The molecule has 0 aromatic rings. The van der Waals surface area contributed by atoms with Crippen LogP contribution in [0.4, 0.5) is 0 Å². The molecule has 0 atom stereocenters. The molecule has 0 aliphatic rings. The van der Waals surface area contributed by atoms with Gasteiger partial charge in [-0.2, -0.15) is 0 Å². The number of aliphatic carboxylic acids is 5. The lowest BCUT2D eigenvalue weighted by atomic mass is 10.4. The molecule has 16 nitrogen and oxygen atoms in total. The van der Waals surface area contributed by atoms with Crippen LogP contribution >= 0.6 is 0 Å². The monoisotopic (exact) mass is 614 g/mol. The van der Waals surface area contributed by atoms with E-state index >= 15 is 0 Å². The van der Waals surface area contributed by atoms with Crippen molar-refractivity contribution in [3.8, 4) is 0 Å². The van der Waals surface area contributed by atoms with Crippen molar-refractivity contribution in [2.45, 2.75) is 73.3 Å². The lowest BCUT2D eigenvalue weighted by molar-refractivity contribution is -0.313. The van der Waals surface area contributed by atoms with Crippen LogP contribution in [0, 0.1) is 0 Å². The number of carboxylic acid groups (broad SMARTS) is 5. The first kappa shape index (κ1) is 54.0. The molecule has 0 aliphatic heterocycles. The molecule has 0 saturated carbocycles. The summed E-state index contributed by atoms with van der Waals surface area (Å²) in [5.41, 5.74) is 0.880. The Labute approximate surface area is 244 Å². The lowest BCUT2D eigenvalue weighted by Crippen LogP contribution is -2.24. The van der Waals surface area contributed by atoms with Crippen LogP contribution in [0.1, 0.15) is 61.3 Å². The number of carbonyl (C=O) groups is 5. The third-order valence-electron chi connectivity index (χ3n) is 2.77. The van der Waals surface area contributed by atoms with Gasteiger partial charge in [0.2, 0.25) is 0 Å². The normalized spacial score (nSPS) is 8.79. The maximum atomic E-state index is 9.60. The van der Waals surface area contributed by atoms with Crippen molar-refractivity contribution in [3.63, 3.8) is 0 Å². The fourth-order valence-electron chi connectivity index (χ4n) is 0. The second kappa shape index (κ2) is 29.8. The second-order valence-electron chi connectivity index (χ2n) is 7.68. The quantitative estimate of drug-likeness (QED) is 0.142. The number of rotatable bonds is 7. The summed E-state index contributed by atoms with van der Waals surface area (Å²) in [4.78, 5) is 48.0. The van der Waals surface area contributed by atoms with Gasteiger partial charge in [-0.25, -0.2) is 24.0 Å². The van der Waals surface area contributed by atoms with Crippen molar-refractivity contribution in [1.29, 1.82) is 0 Å². The zero-order chi connectivity index (χ0) is 36.2. The molecule has 0 fully saturated rings. The Bertz CT molecular complexity index is 687. The summed E-state index contributed by atoms with van der Waals surface area (Å²) in [7, 11) is 0. The molecule has 0 rings (SSSR count). The van der Waals surface area contributed by atoms with Crippen LogP contribution in [0.5, 0.6) is 0 Å². The van der Waals surface area contributed by atoms with Gasteiger partial charge in [-0.15, -0.1) is 0 Å². The first-order valence-electron chi connectivity index (χ1n) is 11.1. The van der Waals surface area contributed by atoms with Gasteiger partial charge in [0.05, 0.1) is 0 Å². The molecule has 16 heteroatoms. The third kappa shape index (κ3) is 91.2. The molecule has 11 N–H and O–H groups in total. The third-order valence-corrected chi connectivity index (χ3v) is 2.77. The van der Waals surface area contributed by atoms with Crippen molar-refractivity contribution in [1.82, 2.24) is 0 Å². The zero-order valence-electron chi connectivity index (χ0n) is 24.9. The smallest absolute Gasteiger partial charge is 0.330 e. The zero-order valence-corrected chi connectivity index (χ0v) is 24.9. The first-order valence-corrected chi connectivity index (χ1v) is 11.1. The number of hydrogen-bond donors (Lipinski definition) is 11. The van der Waals surface area contributed by atoms with Crippen molar-refractivity contribution in [2.24, 2.45) is 0 Å². The van der Waals surface area contributed by atoms with Crippen LogP contribution in [0.3, 0.4) is 0 Å². The van der Waals surface area contributed by atoms with Crippen LogP contribution < -0.4 is 0 Å². The Morgan fingerprint density at radius 3 is 0.452 bits per heavy atom. The van der Waals surface area contributed by atoms with Gasteiger partial charge < -0.3 is 56.2 Å². The van der Waals surface area contributed by atoms with Crippen molar-refractivity contribution < 1.29 is 80.1 Å². The van der Waals surface area contributed by atoms with E-state index in [9.17, 15) is 24.0 Å². The minimum Gasteiger partial charge on any atom is -0.478 e. The van der Waals surface area contributed by atoms with Crippen molar-refractivity contribution in [3.05, 3.63) is 60.8 Å². The number of aliphatic hydroxyl groups is 6. The predicted molar refractivity (Wildman–Crippen MR) is 152 cm³/mol. The van der Waals surface area contributed by atoms with Crippen molar-refractivity contribution >= 4 is 29.8 Å². The van der Waals surface area contributed by atoms with Gasteiger partial charge in [-0.3, -0.25) is 0 Å². The molecule has 0 radical (unpaired) electrons. The van der Waals surface area contributed by atoms with Gasteiger partial charge in [0.25, 0.3) is 11.9 Å². The van der Waals surface area contributed by atoms with Crippen LogP contribution in [-0.2, 0) is 24.0 Å². The molecule has 0 aromatic carbocycles. The highest BCUT2D eigenvalue weighted by Crippen LogP contribution is 1.95. The Hall–Kier alpha value is -4.19. The summed E-state index contributed by atoms with van der Waals surface area (Å²) in [6.07, 6.45) is -0.125. The molecule has 0 bridgehead atoms. The van der Waals surface area contributed by atoms with E-state index in [-0.39, 0.29) is 40.7 Å². The summed E-state index contributed by atoms with van der Waals surface area (Å²) in [5.74, 6) is -9.59. The molecule has 42 heavy (non-hydrogen) atoms. The van der Waals surface area contributed by atoms with Gasteiger partial charge >= 0.3 is 29.8 Å². The lowest BCUT2D eigenvalue weighted by Gasteiger charge is -2.08. The predicted octanol–water partition coefficient (Wildman–Crippen LogP) is 1.29. The molecule has 0 heterocycles. The summed E-state index contributed by atoms with van der Waals surface area (Å²) in [5, 5.41) is 87.1. The molecular weight excluding hydrogens is 568 g/mol. The van der Waals surface area contributed by atoms with Gasteiger partial charge in [0.1, 0.15) is 0 Å². The molecule has 0 saturated heterocycles. The maximum absolute atomic E-state index is 9.60. The highest BCUT2D eigenvalue weighted by atomic mass is 16.7. The first-order chi connectivity index (χ1) is 18.3. The Kier molecular flexibility index (Phi) is 38.3. The number of hydrogen-bond acceptors (Lipinski definition) is 11. The van der Waals surface area contributed by atoms with Crippen LogP contribution in [-0.4, -0.2) is 98.0 Å². The minimum absolute atomic E-state index is 0.0625. The van der Waals surface area contributed by atoms with E-state index in [0.717, 1.165) is 0 Å². The average Bonchev–Trinajstić information content (AvgIpc) is 2.80. The van der Waals surface area contributed by atoms with E-state index in [2.05, 4.69) is 32.9 Å².